The Labute approximate surface area is 182 Å². The highest BCUT2D eigenvalue weighted by atomic mass is 79.9. The molecule has 4 fully saturated rings. The Morgan fingerprint density at radius 1 is 1.33 bits per heavy atom. The standard InChI is InChI=1S/C20H25BrN6O3/c1-25-3-2-15(23-25)10-22-17(28)9-19-5-13-4-14(6-19)8-20(7-13,12-19)26-11-16(21)18(24-26)27(29)30/h2-3,11,13-14H,4-10,12H2,1H3,(H,22,28). The van der Waals surface area contributed by atoms with Crippen LogP contribution in [0.3, 0.4) is 0 Å². The molecule has 2 aromatic heterocycles. The van der Waals surface area contributed by atoms with Crippen LogP contribution in [0.1, 0.15) is 50.6 Å². The number of halogens is 1. The van der Waals surface area contributed by atoms with E-state index in [9.17, 15) is 14.9 Å². The van der Waals surface area contributed by atoms with Crippen molar-refractivity contribution in [2.75, 3.05) is 0 Å². The van der Waals surface area contributed by atoms with Crippen molar-refractivity contribution in [3.8, 4) is 0 Å². The molecule has 4 aliphatic rings. The van der Waals surface area contributed by atoms with Crippen molar-refractivity contribution in [2.45, 2.75) is 57.0 Å². The summed E-state index contributed by atoms with van der Waals surface area (Å²) in [6.07, 6.45) is 10.3. The summed E-state index contributed by atoms with van der Waals surface area (Å²) in [5.41, 5.74) is 0.578. The molecule has 9 nitrogen and oxygen atoms in total. The van der Waals surface area contributed by atoms with Gasteiger partial charge in [0.2, 0.25) is 5.91 Å². The Morgan fingerprint density at radius 3 is 2.67 bits per heavy atom. The van der Waals surface area contributed by atoms with Gasteiger partial charge in [0.25, 0.3) is 0 Å². The van der Waals surface area contributed by atoms with Crippen LogP contribution in [0.4, 0.5) is 5.82 Å². The van der Waals surface area contributed by atoms with E-state index >= 15 is 0 Å². The molecule has 10 heteroatoms. The smallest absolute Gasteiger partial charge is 0.358 e. The maximum atomic E-state index is 12.8. The molecule has 4 aliphatic carbocycles. The van der Waals surface area contributed by atoms with Crippen LogP contribution < -0.4 is 5.32 Å². The highest BCUT2D eigenvalue weighted by Crippen LogP contribution is 2.65. The fraction of sp³-hybridized carbons (Fsp3) is 0.650. The van der Waals surface area contributed by atoms with Crippen LogP contribution in [-0.2, 0) is 23.9 Å². The van der Waals surface area contributed by atoms with Crippen LogP contribution in [-0.4, -0.2) is 30.4 Å². The van der Waals surface area contributed by atoms with E-state index in [4.69, 9.17) is 0 Å². The van der Waals surface area contributed by atoms with E-state index in [1.54, 1.807) is 10.9 Å². The fourth-order valence-electron chi connectivity index (χ4n) is 6.74. The van der Waals surface area contributed by atoms with Crippen molar-refractivity contribution in [1.29, 1.82) is 0 Å². The van der Waals surface area contributed by atoms with Crippen molar-refractivity contribution in [1.82, 2.24) is 24.9 Å². The number of hydrogen-bond donors (Lipinski definition) is 1. The van der Waals surface area contributed by atoms with E-state index in [2.05, 4.69) is 31.4 Å². The third kappa shape index (κ3) is 3.34. The Balaban J connectivity index is 1.35. The zero-order valence-corrected chi connectivity index (χ0v) is 18.5. The van der Waals surface area contributed by atoms with Crippen molar-refractivity contribution in [3.05, 3.63) is 38.7 Å². The number of nitro groups is 1. The van der Waals surface area contributed by atoms with Gasteiger partial charge in [0.1, 0.15) is 4.47 Å². The minimum Gasteiger partial charge on any atom is -0.358 e. The average Bonchev–Trinajstić information content (AvgIpc) is 3.24. The first-order valence-electron chi connectivity index (χ1n) is 10.4. The predicted octanol–water partition coefficient (Wildman–Crippen LogP) is 3.29. The van der Waals surface area contributed by atoms with Crippen LogP contribution in [0.5, 0.6) is 0 Å². The first kappa shape index (κ1) is 19.7. The Bertz CT molecular complexity index is 1000. The summed E-state index contributed by atoms with van der Waals surface area (Å²) in [6, 6.07) is 1.91. The van der Waals surface area contributed by atoms with Crippen LogP contribution in [0.2, 0.25) is 0 Å². The summed E-state index contributed by atoms with van der Waals surface area (Å²) in [5, 5.41) is 23.0. The van der Waals surface area contributed by atoms with E-state index in [-0.39, 0.29) is 22.7 Å². The molecule has 2 unspecified atom stereocenters. The normalized spacial score (nSPS) is 31.8. The SMILES string of the molecule is Cn1ccc(CNC(=O)CC23CC4CC(C2)CC(n2cc(Br)c([N+](=O)[O-])n2)(C4)C3)n1. The number of carbonyl (C=O) groups excluding carboxylic acids is 1. The molecule has 0 aliphatic heterocycles. The van der Waals surface area contributed by atoms with Crippen LogP contribution in [0, 0.1) is 27.4 Å². The molecule has 0 aromatic carbocycles. The summed E-state index contributed by atoms with van der Waals surface area (Å²) >= 11 is 3.30. The number of carbonyl (C=O) groups is 1. The number of nitrogens with one attached hydrogen (secondary N) is 1. The van der Waals surface area contributed by atoms with Gasteiger partial charge in [-0.3, -0.25) is 9.48 Å². The zero-order chi connectivity index (χ0) is 21.1. The molecule has 0 saturated heterocycles. The maximum Gasteiger partial charge on any atom is 0.404 e. The summed E-state index contributed by atoms with van der Waals surface area (Å²) in [6.45, 7) is 0.437. The lowest BCUT2D eigenvalue weighted by molar-refractivity contribution is -0.390. The topological polar surface area (TPSA) is 108 Å². The summed E-state index contributed by atoms with van der Waals surface area (Å²) < 4.78 is 3.99. The molecule has 0 spiro atoms. The maximum absolute atomic E-state index is 12.8. The molecule has 4 bridgehead atoms. The van der Waals surface area contributed by atoms with Gasteiger partial charge >= 0.3 is 5.82 Å². The summed E-state index contributed by atoms with van der Waals surface area (Å²) in [7, 11) is 1.86. The van der Waals surface area contributed by atoms with Gasteiger partial charge < -0.3 is 15.4 Å². The lowest BCUT2D eigenvalue weighted by Crippen LogP contribution is -2.57. The van der Waals surface area contributed by atoms with Gasteiger partial charge in [-0.05, 0) is 82.7 Å². The lowest BCUT2D eigenvalue weighted by atomic mass is 9.46. The van der Waals surface area contributed by atoms with E-state index in [1.165, 1.54) is 6.42 Å². The first-order valence-corrected chi connectivity index (χ1v) is 11.2. The Kier molecular flexibility index (Phi) is 4.53. The molecular formula is C20H25BrN6O3. The molecule has 1 N–H and O–H groups in total. The molecule has 30 heavy (non-hydrogen) atoms. The number of rotatable bonds is 6. The van der Waals surface area contributed by atoms with Crippen LogP contribution in [0.25, 0.3) is 0 Å². The summed E-state index contributed by atoms with van der Waals surface area (Å²) in [4.78, 5) is 23.7. The van der Waals surface area contributed by atoms with Gasteiger partial charge in [-0.25, -0.2) is 0 Å². The molecule has 6 rings (SSSR count). The third-order valence-electron chi connectivity index (χ3n) is 7.23. The second kappa shape index (κ2) is 6.90. The fourth-order valence-corrected chi connectivity index (χ4v) is 7.16. The van der Waals surface area contributed by atoms with Crippen molar-refractivity contribution >= 4 is 27.7 Å². The second-order valence-corrected chi connectivity index (χ2v) is 10.5. The first-order chi connectivity index (χ1) is 14.3. The van der Waals surface area contributed by atoms with Crippen LogP contribution >= 0.6 is 15.9 Å². The molecule has 2 heterocycles. The largest absolute Gasteiger partial charge is 0.404 e. The Hall–Kier alpha value is -2.23. The number of aromatic nitrogens is 4. The lowest BCUT2D eigenvalue weighted by Gasteiger charge is -2.61. The second-order valence-electron chi connectivity index (χ2n) is 9.62. The van der Waals surface area contributed by atoms with Crippen molar-refractivity contribution in [2.24, 2.45) is 24.3 Å². The van der Waals surface area contributed by atoms with Gasteiger partial charge in [-0.15, -0.1) is 0 Å². The Morgan fingerprint density at radius 2 is 2.07 bits per heavy atom. The quantitative estimate of drug-likeness (QED) is 0.508. The van der Waals surface area contributed by atoms with E-state index in [0.29, 0.717) is 29.3 Å². The molecule has 0 radical (unpaired) electrons. The van der Waals surface area contributed by atoms with Gasteiger partial charge in [-0.2, -0.15) is 9.78 Å². The van der Waals surface area contributed by atoms with Crippen molar-refractivity contribution < 1.29 is 9.72 Å². The van der Waals surface area contributed by atoms with Crippen LogP contribution in [0.15, 0.2) is 22.9 Å². The summed E-state index contributed by atoms with van der Waals surface area (Å²) in [5.74, 6) is 1.03. The molecule has 2 aromatic rings. The van der Waals surface area contributed by atoms with Gasteiger partial charge in [0.05, 0.1) is 29.1 Å². The molecular weight excluding hydrogens is 452 g/mol. The number of amides is 1. The van der Waals surface area contributed by atoms with E-state index in [0.717, 1.165) is 37.8 Å². The minimum atomic E-state index is -0.443. The number of hydrogen-bond acceptors (Lipinski definition) is 5. The monoisotopic (exact) mass is 476 g/mol. The molecule has 160 valence electrons. The molecule has 2 atom stereocenters. The van der Waals surface area contributed by atoms with Gasteiger partial charge in [0, 0.05) is 19.7 Å². The average molecular weight is 477 g/mol. The molecule has 1 amide bonds. The minimum absolute atomic E-state index is 0.0501. The van der Waals surface area contributed by atoms with E-state index in [1.807, 2.05) is 24.0 Å². The van der Waals surface area contributed by atoms with Gasteiger partial charge in [0.15, 0.2) is 0 Å². The highest BCUT2D eigenvalue weighted by molar-refractivity contribution is 9.10. The highest BCUT2D eigenvalue weighted by Gasteiger charge is 2.60. The number of aryl methyl sites for hydroxylation is 1. The zero-order valence-electron chi connectivity index (χ0n) is 16.9. The number of nitrogens with zero attached hydrogens (tertiary/aromatic N) is 5. The molecule has 4 saturated carbocycles. The van der Waals surface area contributed by atoms with Crippen molar-refractivity contribution in [3.63, 3.8) is 0 Å². The third-order valence-corrected chi connectivity index (χ3v) is 7.79. The van der Waals surface area contributed by atoms with E-state index < -0.39 is 4.92 Å². The predicted molar refractivity (Wildman–Crippen MR) is 111 cm³/mol. The van der Waals surface area contributed by atoms with Gasteiger partial charge in [-0.1, -0.05) is 0 Å².